The van der Waals surface area contributed by atoms with E-state index in [1.54, 1.807) is 0 Å². The van der Waals surface area contributed by atoms with Crippen molar-refractivity contribution in [3.63, 3.8) is 0 Å². The van der Waals surface area contributed by atoms with Gasteiger partial charge >= 0.3 is 0 Å². The molecule has 0 spiro atoms. The summed E-state index contributed by atoms with van der Waals surface area (Å²) in [7, 11) is 0. The van der Waals surface area contributed by atoms with Crippen LogP contribution < -0.4 is 0 Å². The highest BCUT2D eigenvalue weighted by Crippen LogP contribution is 2.03. The molecule has 0 aliphatic heterocycles. The van der Waals surface area contributed by atoms with Gasteiger partial charge in [0.1, 0.15) is 6.61 Å². The molecule has 0 aliphatic carbocycles. The molecular weight excluding hydrogens is 272 g/mol. The Morgan fingerprint density at radius 3 is 1.71 bits per heavy atom. The Morgan fingerprint density at radius 2 is 1.24 bits per heavy atom. The van der Waals surface area contributed by atoms with Gasteiger partial charge in [-0.1, -0.05) is 13.8 Å². The smallest absolute Gasteiger partial charge is 0.160 e. The van der Waals surface area contributed by atoms with Gasteiger partial charge in [0.05, 0.1) is 44.7 Å². The minimum absolute atomic E-state index is 0.00180. The summed E-state index contributed by atoms with van der Waals surface area (Å²) in [6, 6.07) is 0. The predicted molar refractivity (Wildman–Crippen MR) is 82.6 cm³/mol. The molecule has 0 radical (unpaired) electrons. The third-order valence-electron chi connectivity index (χ3n) is 3.07. The van der Waals surface area contributed by atoms with Crippen LogP contribution in [-0.4, -0.2) is 57.1 Å². The molecular formula is C16H32O5. The second kappa shape index (κ2) is 12.1. The Bertz CT molecular complexity index is 265. The van der Waals surface area contributed by atoms with E-state index in [-0.39, 0.29) is 36.6 Å². The lowest BCUT2D eigenvalue weighted by Crippen LogP contribution is -2.29. The van der Waals surface area contributed by atoms with Gasteiger partial charge in [-0.25, -0.2) is 0 Å². The summed E-state index contributed by atoms with van der Waals surface area (Å²) in [5.74, 6) is 0.135. The van der Waals surface area contributed by atoms with E-state index in [0.29, 0.717) is 26.4 Å². The second-order valence-electron chi connectivity index (χ2n) is 5.74. The van der Waals surface area contributed by atoms with Crippen LogP contribution in [-0.2, 0) is 23.7 Å². The first kappa shape index (κ1) is 20.5. The van der Waals surface area contributed by atoms with Gasteiger partial charge in [-0.15, -0.1) is 0 Å². The summed E-state index contributed by atoms with van der Waals surface area (Å²) in [6.07, 6.45) is 0.204. The summed E-state index contributed by atoms with van der Waals surface area (Å²) in [5, 5.41) is 0. The van der Waals surface area contributed by atoms with Crippen molar-refractivity contribution in [3.8, 4) is 0 Å². The molecule has 0 aliphatic rings. The molecule has 0 bridgehead atoms. The van der Waals surface area contributed by atoms with Gasteiger partial charge in [0.2, 0.25) is 0 Å². The van der Waals surface area contributed by atoms with E-state index in [2.05, 4.69) is 0 Å². The molecule has 0 fully saturated rings. The van der Waals surface area contributed by atoms with Crippen LogP contribution in [0.25, 0.3) is 0 Å². The Morgan fingerprint density at radius 1 is 0.762 bits per heavy atom. The number of hydrogen-bond acceptors (Lipinski definition) is 5. The first-order valence-corrected chi connectivity index (χ1v) is 7.79. The monoisotopic (exact) mass is 304 g/mol. The van der Waals surface area contributed by atoms with Crippen LogP contribution in [0, 0.1) is 5.92 Å². The zero-order chi connectivity index (χ0) is 16.3. The summed E-state index contributed by atoms with van der Waals surface area (Å²) in [4.78, 5) is 11.3. The Balaban J connectivity index is 3.55. The van der Waals surface area contributed by atoms with Crippen LogP contribution in [0.3, 0.4) is 0 Å². The van der Waals surface area contributed by atoms with E-state index in [1.165, 1.54) is 0 Å². The molecule has 0 amide bonds. The fourth-order valence-electron chi connectivity index (χ4n) is 1.42. The Labute approximate surface area is 129 Å². The first-order valence-electron chi connectivity index (χ1n) is 7.79. The lowest BCUT2D eigenvalue weighted by Gasteiger charge is -2.21. The summed E-state index contributed by atoms with van der Waals surface area (Å²) in [6.45, 7) is 13.9. The average Bonchev–Trinajstić information content (AvgIpc) is 2.41. The number of hydrogen-bond donors (Lipinski definition) is 0. The molecule has 0 saturated heterocycles. The van der Waals surface area contributed by atoms with E-state index >= 15 is 0 Å². The number of Topliss-reactive ketones (excluding diaryl/α,β-unsaturated/α-hetero) is 1. The second-order valence-corrected chi connectivity index (χ2v) is 5.74. The van der Waals surface area contributed by atoms with Crippen molar-refractivity contribution in [2.45, 2.75) is 59.9 Å². The molecule has 0 saturated carbocycles. The SMILES string of the molecule is CC(C)OCCO[C@H](C)[C@@H](C)OCCOCC(=O)C(C)C. The van der Waals surface area contributed by atoms with Crippen LogP contribution in [0.5, 0.6) is 0 Å². The third kappa shape index (κ3) is 11.8. The quantitative estimate of drug-likeness (QED) is 0.489. The highest BCUT2D eigenvalue weighted by Gasteiger charge is 2.13. The van der Waals surface area contributed by atoms with Crippen molar-refractivity contribution in [3.05, 3.63) is 0 Å². The highest BCUT2D eigenvalue weighted by molar-refractivity contribution is 5.81. The Hall–Kier alpha value is -0.490. The standard InChI is InChI=1S/C16H32O5/c1-12(2)16(17)11-18-7-8-20-14(5)15(6)21-10-9-19-13(3)4/h12-15H,7-11H2,1-6H3/t14-,15-/m1/s1. The lowest BCUT2D eigenvalue weighted by molar-refractivity contribution is -0.128. The van der Waals surface area contributed by atoms with Crippen molar-refractivity contribution in [2.75, 3.05) is 33.0 Å². The predicted octanol–water partition coefficient (Wildman–Crippen LogP) is 2.46. The van der Waals surface area contributed by atoms with Gasteiger partial charge < -0.3 is 18.9 Å². The number of carbonyl (C=O) groups excluding carboxylic acids is 1. The van der Waals surface area contributed by atoms with Gasteiger partial charge in [0, 0.05) is 5.92 Å². The summed E-state index contributed by atoms with van der Waals surface area (Å²) < 4.78 is 21.9. The van der Waals surface area contributed by atoms with Gasteiger partial charge in [-0.3, -0.25) is 4.79 Å². The van der Waals surface area contributed by atoms with E-state index in [0.717, 1.165) is 0 Å². The normalized spacial score (nSPS) is 14.7. The van der Waals surface area contributed by atoms with Crippen LogP contribution in [0.15, 0.2) is 0 Å². The van der Waals surface area contributed by atoms with Crippen molar-refractivity contribution in [1.82, 2.24) is 0 Å². The summed E-state index contributed by atoms with van der Waals surface area (Å²) in [5.41, 5.74) is 0. The lowest BCUT2D eigenvalue weighted by atomic mass is 10.1. The average molecular weight is 304 g/mol. The molecule has 0 aromatic rings. The number of rotatable bonds is 13. The fourth-order valence-corrected chi connectivity index (χ4v) is 1.42. The molecule has 5 nitrogen and oxygen atoms in total. The fraction of sp³-hybridized carbons (Fsp3) is 0.938. The number of ketones is 1. The minimum Gasteiger partial charge on any atom is -0.376 e. The molecule has 2 atom stereocenters. The van der Waals surface area contributed by atoms with Gasteiger partial charge in [-0.2, -0.15) is 0 Å². The third-order valence-corrected chi connectivity index (χ3v) is 3.07. The van der Waals surface area contributed by atoms with Gasteiger partial charge in [0.15, 0.2) is 5.78 Å². The molecule has 5 heteroatoms. The van der Waals surface area contributed by atoms with E-state index in [4.69, 9.17) is 18.9 Å². The molecule has 0 heterocycles. The van der Waals surface area contributed by atoms with E-state index in [9.17, 15) is 4.79 Å². The zero-order valence-corrected chi connectivity index (χ0v) is 14.4. The van der Waals surface area contributed by atoms with E-state index < -0.39 is 0 Å². The van der Waals surface area contributed by atoms with Crippen LogP contribution in [0.2, 0.25) is 0 Å². The topological polar surface area (TPSA) is 54.0 Å². The molecule has 0 rings (SSSR count). The van der Waals surface area contributed by atoms with Gasteiger partial charge in [-0.05, 0) is 27.7 Å². The van der Waals surface area contributed by atoms with Crippen molar-refractivity contribution in [2.24, 2.45) is 5.92 Å². The number of ether oxygens (including phenoxy) is 4. The minimum atomic E-state index is -0.0200. The van der Waals surface area contributed by atoms with E-state index in [1.807, 2.05) is 41.5 Å². The van der Waals surface area contributed by atoms with Crippen LogP contribution in [0.1, 0.15) is 41.5 Å². The van der Waals surface area contributed by atoms with Crippen LogP contribution in [0.4, 0.5) is 0 Å². The van der Waals surface area contributed by atoms with Gasteiger partial charge in [0.25, 0.3) is 0 Å². The zero-order valence-electron chi connectivity index (χ0n) is 14.4. The Kier molecular flexibility index (Phi) is 11.8. The maximum absolute atomic E-state index is 11.3. The highest BCUT2D eigenvalue weighted by atomic mass is 16.6. The molecule has 0 N–H and O–H groups in total. The largest absolute Gasteiger partial charge is 0.376 e. The maximum Gasteiger partial charge on any atom is 0.160 e. The maximum atomic E-state index is 11.3. The van der Waals surface area contributed by atoms with Crippen LogP contribution >= 0.6 is 0 Å². The van der Waals surface area contributed by atoms with Crippen molar-refractivity contribution < 1.29 is 23.7 Å². The molecule has 126 valence electrons. The molecule has 0 aromatic carbocycles. The van der Waals surface area contributed by atoms with Crippen molar-refractivity contribution in [1.29, 1.82) is 0 Å². The van der Waals surface area contributed by atoms with Crippen molar-refractivity contribution >= 4 is 5.78 Å². The summed E-state index contributed by atoms with van der Waals surface area (Å²) >= 11 is 0. The molecule has 21 heavy (non-hydrogen) atoms. The molecule has 0 unspecified atom stereocenters. The number of carbonyl (C=O) groups is 1. The first-order chi connectivity index (χ1) is 9.84. The molecule has 0 aromatic heterocycles.